The average molecular weight is 348 g/mol. The maximum atomic E-state index is 11.0. The van der Waals surface area contributed by atoms with Crippen LogP contribution in [0.3, 0.4) is 0 Å². The summed E-state index contributed by atoms with van der Waals surface area (Å²) in [4.78, 5) is 9.62. The van der Waals surface area contributed by atoms with Crippen LogP contribution in [-0.2, 0) is 0 Å². The van der Waals surface area contributed by atoms with Crippen LogP contribution >= 0.6 is 0 Å². The Labute approximate surface area is 156 Å². The lowest BCUT2D eigenvalue weighted by molar-refractivity contribution is 0.508. The monoisotopic (exact) mass is 348 g/mol. The third-order valence-corrected chi connectivity index (χ3v) is 4.77. The van der Waals surface area contributed by atoms with Crippen molar-refractivity contribution in [1.82, 2.24) is 9.97 Å². The zero-order valence-electron chi connectivity index (χ0n) is 14.5. The average Bonchev–Trinajstić information content (AvgIpc) is 2.75. The maximum absolute atomic E-state index is 11.0. The van der Waals surface area contributed by atoms with Crippen molar-refractivity contribution < 1.29 is 5.11 Å². The summed E-state index contributed by atoms with van der Waals surface area (Å²) in [7, 11) is 0. The van der Waals surface area contributed by atoms with E-state index in [9.17, 15) is 5.11 Å². The molecule has 0 spiro atoms. The van der Waals surface area contributed by atoms with Crippen LogP contribution in [-0.4, -0.2) is 15.1 Å². The van der Waals surface area contributed by atoms with Gasteiger partial charge in [0.2, 0.25) is 0 Å². The van der Waals surface area contributed by atoms with Gasteiger partial charge in [0, 0.05) is 21.7 Å². The number of hydrogen-bond donors (Lipinski definition) is 1. The Morgan fingerprint density at radius 3 is 2.19 bits per heavy atom. The molecule has 0 amide bonds. The first-order chi connectivity index (χ1) is 13.3. The van der Waals surface area contributed by atoms with Gasteiger partial charge in [0.05, 0.1) is 11.0 Å². The van der Waals surface area contributed by atoms with Crippen molar-refractivity contribution in [2.24, 2.45) is 0 Å². The number of aliphatic hydroxyl groups is 1. The quantitative estimate of drug-likeness (QED) is 0.494. The molecule has 0 saturated heterocycles. The van der Waals surface area contributed by atoms with Gasteiger partial charge in [-0.1, -0.05) is 78.9 Å². The molecular formula is C24H16N2O. The van der Waals surface area contributed by atoms with Gasteiger partial charge < -0.3 is 5.11 Å². The standard InChI is InChI=1S/C24H16N2O/c27-23(17-8-3-1-4-9-17)19-15-14-16-12-7-13-20-21(16)22(19)26-24(25-20)18-10-5-2-6-11-18/h1-15,27H/b23-19-. The highest BCUT2D eigenvalue weighted by atomic mass is 16.3. The molecule has 5 aromatic rings. The number of rotatable bonds is 2. The van der Waals surface area contributed by atoms with E-state index in [0.717, 1.165) is 32.9 Å². The van der Waals surface area contributed by atoms with Gasteiger partial charge in [-0.25, -0.2) is 9.97 Å². The molecular weight excluding hydrogens is 332 g/mol. The number of aliphatic hydroxyl groups excluding tert-OH is 1. The number of hydrogen-bond acceptors (Lipinski definition) is 3. The second kappa shape index (κ2) is 6.22. The van der Waals surface area contributed by atoms with Gasteiger partial charge in [0.25, 0.3) is 0 Å². The highest BCUT2D eigenvalue weighted by Gasteiger charge is 2.12. The summed E-state index contributed by atoms with van der Waals surface area (Å²) in [5.41, 5.74) is 3.36. The predicted molar refractivity (Wildman–Crippen MR) is 109 cm³/mol. The lowest BCUT2D eigenvalue weighted by Crippen LogP contribution is -2.11. The zero-order chi connectivity index (χ0) is 18.2. The molecule has 1 N–H and O–H groups in total. The molecule has 0 radical (unpaired) electrons. The molecule has 0 saturated carbocycles. The van der Waals surface area contributed by atoms with E-state index in [0.29, 0.717) is 11.0 Å². The van der Waals surface area contributed by atoms with Crippen LogP contribution in [0.2, 0.25) is 0 Å². The second-order valence-corrected chi connectivity index (χ2v) is 6.46. The molecule has 0 unspecified atom stereocenters. The highest BCUT2D eigenvalue weighted by Crippen LogP contribution is 2.26. The minimum absolute atomic E-state index is 0.223. The SMILES string of the molecule is O/C(c1ccccc1)=c1/ccc2cccc3nc(-c4ccccc4)nc1c23. The topological polar surface area (TPSA) is 46.0 Å². The van der Waals surface area contributed by atoms with Gasteiger partial charge in [0.15, 0.2) is 5.82 Å². The fourth-order valence-corrected chi connectivity index (χ4v) is 3.45. The maximum Gasteiger partial charge on any atom is 0.160 e. The Balaban J connectivity index is 1.92. The van der Waals surface area contributed by atoms with Crippen LogP contribution in [0.15, 0.2) is 91.0 Å². The lowest BCUT2D eigenvalue weighted by Gasteiger charge is -2.09. The molecule has 0 aliphatic carbocycles. The smallest absolute Gasteiger partial charge is 0.160 e. The van der Waals surface area contributed by atoms with Gasteiger partial charge in [-0.05, 0) is 17.5 Å². The van der Waals surface area contributed by atoms with Crippen molar-refractivity contribution in [3.8, 4) is 11.4 Å². The molecule has 0 aliphatic heterocycles. The van der Waals surface area contributed by atoms with E-state index in [-0.39, 0.29) is 5.76 Å². The zero-order valence-corrected chi connectivity index (χ0v) is 14.5. The molecule has 5 rings (SSSR count). The first kappa shape index (κ1) is 15.5. The predicted octanol–water partition coefficient (Wildman–Crippen LogP) is 4.88. The van der Waals surface area contributed by atoms with Gasteiger partial charge in [-0.15, -0.1) is 0 Å². The van der Waals surface area contributed by atoms with Crippen LogP contribution in [0.5, 0.6) is 0 Å². The minimum atomic E-state index is 0.223. The first-order valence-corrected chi connectivity index (χ1v) is 8.84. The van der Waals surface area contributed by atoms with Crippen LogP contribution < -0.4 is 5.22 Å². The number of aromatic nitrogens is 2. The van der Waals surface area contributed by atoms with Gasteiger partial charge in [0.1, 0.15) is 5.76 Å². The summed E-state index contributed by atoms with van der Waals surface area (Å²) in [5, 5.41) is 13.7. The van der Waals surface area contributed by atoms with Gasteiger partial charge >= 0.3 is 0 Å². The van der Waals surface area contributed by atoms with E-state index in [1.165, 1.54) is 0 Å². The summed E-state index contributed by atoms with van der Waals surface area (Å²) in [6, 6.07) is 29.5. The fraction of sp³-hybridized carbons (Fsp3) is 0. The molecule has 27 heavy (non-hydrogen) atoms. The van der Waals surface area contributed by atoms with Crippen molar-refractivity contribution in [2.45, 2.75) is 0 Å². The largest absolute Gasteiger partial charge is 0.507 e. The molecule has 3 heteroatoms. The molecule has 0 bridgehead atoms. The third kappa shape index (κ3) is 2.61. The van der Waals surface area contributed by atoms with Crippen molar-refractivity contribution in [2.75, 3.05) is 0 Å². The normalized spacial score (nSPS) is 12.4. The molecule has 4 aromatic carbocycles. The number of benzene rings is 4. The summed E-state index contributed by atoms with van der Waals surface area (Å²) in [6.45, 7) is 0. The van der Waals surface area contributed by atoms with Crippen molar-refractivity contribution in [3.63, 3.8) is 0 Å². The Bertz CT molecular complexity index is 1310. The molecule has 128 valence electrons. The van der Waals surface area contributed by atoms with Gasteiger partial charge in [-0.2, -0.15) is 0 Å². The van der Waals surface area contributed by atoms with Crippen LogP contribution in [0, 0.1) is 0 Å². The van der Waals surface area contributed by atoms with Gasteiger partial charge in [-0.3, -0.25) is 0 Å². The van der Waals surface area contributed by atoms with Crippen molar-refractivity contribution in [3.05, 3.63) is 102 Å². The Kier molecular flexibility index (Phi) is 3.58. The minimum Gasteiger partial charge on any atom is -0.507 e. The molecule has 0 aliphatic rings. The third-order valence-electron chi connectivity index (χ3n) is 4.77. The van der Waals surface area contributed by atoms with E-state index >= 15 is 0 Å². The van der Waals surface area contributed by atoms with E-state index in [1.807, 2.05) is 91.0 Å². The molecule has 1 heterocycles. The first-order valence-electron chi connectivity index (χ1n) is 8.84. The second-order valence-electron chi connectivity index (χ2n) is 6.46. The molecule has 0 atom stereocenters. The van der Waals surface area contributed by atoms with E-state index in [2.05, 4.69) is 0 Å². The summed E-state index contributed by atoms with van der Waals surface area (Å²) in [5.74, 6) is 0.879. The molecule has 3 nitrogen and oxygen atoms in total. The van der Waals surface area contributed by atoms with Crippen molar-refractivity contribution >= 4 is 27.6 Å². The Morgan fingerprint density at radius 1 is 0.667 bits per heavy atom. The molecule has 1 aromatic heterocycles. The van der Waals surface area contributed by atoms with Crippen LogP contribution in [0.4, 0.5) is 0 Å². The van der Waals surface area contributed by atoms with Crippen LogP contribution in [0.25, 0.3) is 39.0 Å². The van der Waals surface area contributed by atoms with Crippen LogP contribution in [0.1, 0.15) is 5.56 Å². The summed E-state index contributed by atoms with van der Waals surface area (Å²) < 4.78 is 0. The summed E-state index contributed by atoms with van der Waals surface area (Å²) in [6.07, 6.45) is 0. The van der Waals surface area contributed by atoms with E-state index in [1.54, 1.807) is 0 Å². The Morgan fingerprint density at radius 2 is 1.41 bits per heavy atom. The fourth-order valence-electron chi connectivity index (χ4n) is 3.45. The number of nitrogens with zero attached hydrogens (tertiary/aromatic N) is 2. The Hall–Kier alpha value is -3.72. The van der Waals surface area contributed by atoms with E-state index in [4.69, 9.17) is 9.97 Å². The summed E-state index contributed by atoms with van der Waals surface area (Å²) >= 11 is 0. The molecule has 0 fully saturated rings. The highest BCUT2D eigenvalue weighted by molar-refractivity contribution is 6.08. The van der Waals surface area contributed by atoms with Crippen molar-refractivity contribution in [1.29, 1.82) is 0 Å². The van der Waals surface area contributed by atoms with E-state index < -0.39 is 0 Å². The lowest BCUT2D eigenvalue weighted by atomic mass is 10.0.